The fourth-order valence-corrected chi connectivity index (χ4v) is 3.31. The normalized spacial score (nSPS) is 15.2. The maximum Gasteiger partial charge on any atom is 0.315 e. The predicted octanol–water partition coefficient (Wildman–Crippen LogP) is 3.26. The van der Waals surface area contributed by atoms with E-state index in [1.54, 1.807) is 6.20 Å². The zero-order chi connectivity index (χ0) is 18.9. The molecule has 1 aromatic carbocycles. The second-order valence-electron chi connectivity index (χ2n) is 6.66. The summed E-state index contributed by atoms with van der Waals surface area (Å²) in [5, 5.41) is 6.09. The maximum atomic E-state index is 12.5. The molecule has 1 aliphatic heterocycles. The molecule has 1 aliphatic rings. The lowest BCUT2D eigenvalue weighted by atomic mass is 10.0. The van der Waals surface area contributed by atoms with Crippen LogP contribution in [0.15, 0.2) is 48.7 Å². The van der Waals surface area contributed by atoms with Gasteiger partial charge in [0.25, 0.3) is 0 Å². The Morgan fingerprint density at radius 1 is 1.19 bits per heavy atom. The Hall–Kier alpha value is -2.60. The second kappa shape index (κ2) is 9.92. The summed E-state index contributed by atoms with van der Waals surface area (Å²) in [6, 6.07) is 13.9. The number of hydrogen-bond donors (Lipinski definition) is 2. The highest BCUT2D eigenvalue weighted by molar-refractivity contribution is 5.74. The average molecular weight is 368 g/mol. The van der Waals surface area contributed by atoms with Crippen LogP contribution in [-0.4, -0.2) is 37.3 Å². The summed E-state index contributed by atoms with van der Waals surface area (Å²) in [6.07, 6.45) is 3.70. The minimum absolute atomic E-state index is 0.0174. The van der Waals surface area contributed by atoms with Crippen LogP contribution in [0.5, 0.6) is 0 Å². The Kier molecular flexibility index (Phi) is 7.04. The van der Waals surface area contributed by atoms with Crippen LogP contribution in [0.25, 0.3) is 0 Å². The van der Waals surface area contributed by atoms with Gasteiger partial charge in [-0.3, -0.25) is 0 Å². The van der Waals surface area contributed by atoms with Gasteiger partial charge in [-0.15, -0.1) is 0 Å². The van der Waals surface area contributed by atoms with Crippen molar-refractivity contribution in [2.24, 2.45) is 0 Å². The Bertz CT molecular complexity index is 717. The molecule has 2 amide bonds. The molecule has 1 aromatic heterocycles. The number of ether oxygens (including phenoxy) is 1. The van der Waals surface area contributed by atoms with Gasteiger partial charge in [0.15, 0.2) is 0 Å². The zero-order valence-corrected chi connectivity index (χ0v) is 15.9. The first-order valence-corrected chi connectivity index (χ1v) is 9.64. The molecule has 0 saturated carbocycles. The quantitative estimate of drug-likeness (QED) is 0.787. The molecule has 27 heavy (non-hydrogen) atoms. The van der Waals surface area contributed by atoms with Crippen LogP contribution in [0.1, 0.15) is 36.9 Å². The molecule has 2 N–H and O–H groups in total. The molecule has 2 aromatic rings. The minimum Gasteiger partial charge on any atom is -0.378 e. The van der Waals surface area contributed by atoms with E-state index in [1.165, 1.54) is 0 Å². The molecule has 1 fully saturated rings. The third-order valence-corrected chi connectivity index (χ3v) is 4.70. The van der Waals surface area contributed by atoms with E-state index in [4.69, 9.17) is 4.74 Å². The van der Waals surface area contributed by atoms with Gasteiger partial charge >= 0.3 is 6.03 Å². The molecule has 1 atom stereocenters. The molecule has 144 valence electrons. The molecular weight excluding hydrogens is 340 g/mol. The Labute approximate surface area is 160 Å². The van der Waals surface area contributed by atoms with Gasteiger partial charge in [-0.25, -0.2) is 9.78 Å². The molecule has 1 saturated heterocycles. The lowest BCUT2D eigenvalue weighted by Gasteiger charge is -2.29. The topological polar surface area (TPSA) is 66.5 Å². The summed E-state index contributed by atoms with van der Waals surface area (Å²) in [4.78, 5) is 19.2. The van der Waals surface area contributed by atoms with E-state index >= 15 is 0 Å². The molecule has 0 aliphatic carbocycles. The summed E-state index contributed by atoms with van der Waals surface area (Å²) in [5.41, 5.74) is 2.14. The van der Waals surface area contributed by atoms with Crippen LogP contribution in [0.4, 0.5) is 10.6 Å². The molecule has 0 bridgehead atoms. The first-order chi connectivity index (χ1) is 13.3. The van der Waals surface area contributed by atoms with Crippen LogP contribution >= 0.6 is 0 Å². The van der Waals surface area contributed by atoms with Gasteiger partial charge in [-0.2, -0.15) is 0 Å². The van der Waals surface area contributed by atoms with Gasteiger partial charge < -0.3 is 20.3 Å². The molecule has 3 rings (SSSR count). The summed E-state index contributed by atoms with van der Waals surface area (Å²) < 4.78 is 5.42. The fourth-order valence-electron chi connectivity index (χ4n) is 3.31. The number of anilines is 1. The van der Waals surface area contributed by atoms with Crippen molar-refractivity contribution >= 4 is 11.8 Å². The van der Waals surface area contributed by atoms with Crippen molar-refractivity contribution in [3.8, 4) is 0 Å². The lowest BCUT2D eigenvalue weighted by Crippen LogP contribution is -2.39. The minimum atomic E-state index is -0.158. The number of pyridine rings is 1. The van der Waals surface area contributed by atoms with E-state index in [9.17, 15) is 4.79 Å². The van der Waals surface area contributed by atoms with Gasteiger partial charge in [0.2, 0.25) is 0 Å². The third kappa shape index (κ3) is 5.44. The first-order valence-electron chi connectivity index (χ1n) is 9.64. The number of rotatable bonds is 7. The van der Waals surface area contributed by atoms with Crippen molar-refractivity contribution in [1.29, 1.82) is 0 Å². The number of benzene rings is 1. The highest BCUT2D eigenvalue weighted by Crippen LogP contribution is 2.19. The predicted molar refractivity (Wildman–Crippen MR) is 107 cm³/mol. The van der Waals surface area contributed by atoms with Gasteiger partial charge in [0.05, 0.1) is 19.3 Å². The van der Waals surface area contributed by atoms with Crippen LogP contribution in [0, 0.1) is 0 Å². The van der Waals surface area contributed by atoms with Crippen molar-refractivity contribution in [3.05, 3.63) is 59.8 Å². The fraction of sp³-hybridized carbons (Fsp3) is 0.429. The molecule has 2 heterocycles. The van der Waals surface area contributed by atoms with E-state index in [2.05, 4.69) is 39.6 Å². The van der Waals surface area contributed by atoms with Crippen LogP contribution in [-0.2, 0) is 11.3 Å². The largest absolute Gasteiger partial charge is 0.378 e. The molecule has 0 unspecified atom stereocenters. The third-order valence-electron chi connectivity index (χ3n) is 4.70. The van der Waals surface area contributed by atoms with Gasteiger partial charge in [-0.1, -0.05) is 49.7 Å². The lowest BCUT2D eigenvalue weighted by molar-refractivity contribution is 0.122. The van der Waals surface area contributed by atoms with E-state index in [0.29, 0.717) is 19.8 Å². The summed E-state index contributed by atoms with van der Waals surface area (Å²) in [5.74, 6) is 0.925. The van der Waals surface area contributed by atoms with Crippen molar-refractivity contribution in [2.45, 2.75) is 32.4 Å². The van der Waals surface area contributed by atoms with E-state index < -0.39 is 0 Å². The van der Waals surface area contributed by atoms with Gasteiger partial charge in [0.1, 0.15) is 5.82 Å². The molecule has 6 heteroatoms. The maximum absolute atomic E-state index is 12.5. The standard InChI is InChI=1S/C21H28N4O2/c1-2-7-19(17-8-4-3-5-9-17)24-21(26)23-16-18-10-6-11-22-20(18)25-12-14-27-15-13-25/h3-6,8-11,19H,2,7,12-16H2,1H3,(H2,23,24,26)/t19-/m1/s1. The molecule has 0 spiro atoms. The van der Waals surface area contributed by atoms with E-state index in [1.807, 2.05) is 30.3 Å². The number of hydrogen-bond acceptors (Lipinski definition) is 4. The molecular formula is C21H28N4O2. The van der Waals surface area contributed by atoms with Crippen LogP contribution in [0.3, 0.4) is 0 Å². The highest BCUT2D eigenvalue weighted by atomic mass is 16.5. The summed E-state index contributed by atoms with van der Waals surface area (Å²) in [7, 11) is 0. The van der Waals surface area contributed by atoms with Crippen molar-refractivity contribution in [1.82, 2.24) is 15.6 Å². The smallest absolute Gasteiger partial charge is 0.315 e. The first kappa shape index (κ1) is 19.2. The number of aromatic nitrogens is 1. The molecule has 6 nitrogen and oxygen atoms in total. The van der Waals surface area contributed by atoms with Crippen molar-refractivity contribution < 1.29 is 9.53 Å². The van der Waals surface area contributed by atoms with E-state index in [-0.39, 0.29) is 12.1 Å². The number of carbonyl (C=O) groups excluding carboxylic acids is 1. The SMILES string of the molecule is CCC[C@@H](NC(=O)NCc1cccnc1N1CCOCC1)c1ccccc1. The number of nitrogens with zero attached hydrogens (tertiary/aromatic N) is 2. The average Bonchev–Trinajstić information content (AvgIpc) is 2.73. The second-order valence-corrected chi connectivity index (χ2v) is 6.66. The van der Waals surface area contributed by atoms with Crippen LogP contribution < -0.4 is 15.5 Å². The summed E-state index contributed by atoms with van der Waals surface area (Å²) in [6.45, 7) is 5.63. The van der Waals surface area contributed by atoms with Crippen LogP contribution in [0.2, 0.25) is 0 Å². The number of carbonyl (C=O) groups is 1. The Balaban J connectivity index is 1.60. The Morgan fingerprint density at radius 2 is 1.96 bits per heavy atom. The summed E-state index contributed by atoms with van der Waals surface area (Å²) >= 11 is 0. The van der Waals surface area contributed by atoms with Crippen molar-refractivity contribution in [2.75, 3.05) is 31.2 Å². The van der Waals surface area contributed by atoms with E-state index in [0.717, 1.165) is 42.9 Å². The number of nitrogens with one attached hydrogen (secondary N) is 2. The Morgan fingerprint density at radius 3 is 2.70 bits per heavy atom. The van der Waals surface area contributed by atoms with Gasteiger partial charge in [0, 0.05) is 31.4 Å². The number of urea groups is 1. The molecule has 0 radical (unpaired) electrons. The monoisotopic (exact) mass is 368 g/mol. The zero-order valence-electron chi connectivity index (χ0n) is 15.9. The number of amides is 2. The highest BCUT2D eigenvalue weighted by Gasteiger charge is 2.17. The number of morpholine rings is 1. The van der Waals surface area contributed by atoms with Crippen molar-refractivity contribution in [3.63, 3.8) is 0 Å². The van der Waals surface area contributed by atoms with Gasteiger partial charge in [-0.05, 0) is 18.1 Å².